The number of halogens is 1. The first kappa shape index (κ1) is 13.8. The first-order valence-corrected chi connectivity index (χ1v) is 5.40. The van der Waals surface area contributed by atoms with Crippen molar-refractivity contribution in [3.8, 4) is 11.5 Å². The molecule has 17 heavy (non-hydrogen) atoms. The van der Waals surface area contributed by atoms with Crippen molar-refractivity contribution in [2.24, 2.45) is 5.73 Å². The van der Waals surface area contributed by atoms with Gasteiger partial charge in [-0.1, -0.05) is 0 Å². The smallest absolute Gasteiger partial charge is 0.323 e. The van der Waals surface area contributed by atoms with Crippen LogP contribution in [0.2, 0.25) is 0 Å². The monoisotopic (exact) mass is 305 g/mol. The molecule has 1 aromatic carbocycles. The van der Waals surface area contributed by atoms with Crippen LogP contribution in [0.3, 0.4) is 0 Å². The van der Waals surface area contributed by atoms with Crippen LogP contribution in [0.1, 0.15) is 11.7 Å². The molecule has 2 atom stereocenters. The van der Waals surface area contributed by atoms with Crippen molar-refractivity contribution in [3.05, 3.63) is 22.2 Å². The highest BCUT2D eigenvalue weighted by atomic mass is 79.9. The number of aliphatic hydroxyl groups excluding tert-OH is 1. The molecule has 1 aromatic rings. The molecular weight excluding hydrogens is 294 g/mol. The molecule has 0 bridgehead atoms. The second-order valence-corrected chi connectivity index (χ2v) is 4.22. The van der Waals surface area contributed by atoms with E-state index in [1.807, 2.05) is 0 Å². The van der Waals surface area contributed by atoms with Gasteiger partial charge in [0.05, 0.1) is 11.6 Å². The molecule has 0 spiro atoms. The van der Waals surface area contributed by atoms with Gasteiger partial charge in [-0.3, -0.25) is 4.79 Å². The third-order valence-corrected chi connectivity index (χ3v) is 2.84. The van der Waals surface area contributed by atoms with Gasteiger partial charge in [-0.05, 0) is 33.6 Å². The van der Waals surface area contributed by atoms with Gasteiger partial charge in [-0.15, -0.1) is 0 Å². The zero-order valence-corrected chi connectivity index (χ0v) is 10.5. The number of aromatic hydroxyl groups is 1. The molecule has 0 fully saturated rings. The van der Waals surface area contributed by atoms with Crippen LogP contribution >= 0.6 is 15.9 Å². The zero-order chi connectivity index (χ0) is 13.2. The number of phenols is 1. The molecule has 0 aliphatic carbocycles. The maximum absolute atomic E-state index is 10.6. The predicted octanol–water partition coefficient (Wildman–Crippen LogP) is 0.609. The number of ether oxygens (including phenoxy) is 1. The summed E-state index contributed by atoms with van der Waals surface area (Å²) in [6, 6.07) is 1.26. The van der Waals surface area contributed by atoms with E-state index >= 15 is 0 Å². The number of carboxylic acid groups (broad SMARTS) is 1. The van der Waals surface area contributed by atoms with Crippen LogP contribution in [0.15, 0.2) is 16.6 Å². The number of hydrogen-bond acceptors (Lipinski definition) is 5. The fourth-order valence-electron chi connectivity index (χ4n) is 1.26. The molecule has 0 saturated heterocycles. The molecule has 7 heteroatoms. The number of methoxy groups -OCH3 is 1. The van der Waals surface area contributed by atoms with Crippen molar-refractivity contribution in [2.75, 3.05) is 7.11 Å². The molecule has 0 radical (unpaired) electrons. The van der Waals surface area contributed by atoms with Gasteiger partial charge in [0.2, 0.25) is 0 Å². The van der Waals surface area contributed by atoms with Crippen molar-refractivity contribution < 1.29 is 24.9 Å². The number of phenolic OH excluding ortho intramolecular Hbond substituents is 1. The van der Waals surface area contributed by atoms with E-state index in [1.165, 1.54) is 19.2 Å². The SMILES string of the molecule is COc1cc(C(O)C(N)C(=O)O)cc(Br)c1O. The molecule has 0 amide bonds. The van der Waals surface area contributed by atoms with Gasteiger partial charge >= 0.3 is 5.97 Å². The highest BCUT2D eigenvalue weighted by molar-refractivity contribution is 9.10. The minimum Gasteiger partial charge on any atom is -0.503 e. The van der Waals surface area contributed by atoms with Crippen LogP contribution in [0.5, 0.6) is 11.5 Å². The lowest BCUT2D eigenvalue weighted by Crippen LogP contribution is -2.36. The fraction of sp³-hybridized carbons (Fsp3) is 0.300. The summed E-state index contributed by atoms with van der Waals surface area (Å²) in [5, 5.41) is 28.0. The number of hydrogen-bond donors (Lipinski definition) is 4. The molecule has 0 aliphatic rings. The summed E-state index contributed by atoms with van der Waals surface area (Å²) in [7, 11) is 1.34. The van der Waals surface area contributed by atoms with Gasteiger partial charge in [0.1, 0.15) is 12.1 Å². The molecule has 0 saturated carbocycles. The van der Waals surface area contributed by atoms with Crippen molar-refractivity contribution >= 4 is 21.9 Å². The average molecular weight is 306 g/mol. The summed E-state index contributed by atoms with van der Waals surface area (Å²) in [6.45, 7) is 0. The fourth-order valence-corrected chi connectivity index (χ4v) is 1.72. The number of benzene rings is 1. The van der Waals surface area contributed by atoms with Crippen LogP contribution < -0.4 is 10.5 Å². The van der Waals surface area contributed by atoms with Gasteiger partial charge in [0.25, 0.3) is 0 Å². The topological polar surface area (TPSA) is 113 Å². The number of carboxylic acids is 1. The highest BCUT2D eigenvalue weighted by Crippen LogP contribution is 2.37. The highest BCUT2D eigenvalue weighted by Gasteiger charge is 2.25. The van der Waals surface area contributed by atoms with Crippen LogP contribution in [-0.4, -0.2) is 34.4 Å². The first-order valence-electron chi connectivity index (χ1n) is 4.61. The van der Waals surface area contributed by atoms with Crippen LogP contribution in [0.4, 0.5) is 0 Å². The van der Waals surface area contributed by atoms with Crippen molar-refractivity contribution in [2.45, 2.75) is 12.1 Å². The van der Waals surface area contributed by atoms with Gasteiger partial charge in [-0.25, -0.2) is 0 Å². The Bertz CT molecular complexity index is 437. The molecule has 5 N–H and O–H groups in total. The lowest BCUT2D eigenvalue weighted by Gasteiger charge is -2.17. The quantitative estimate of drug-likeness (QED) is 0.648. The van der Waals surface area contributed by atoms with Gasteiger partial charge in [0.15, 0.2) is 11.5 Å². The Balaban J connectivity index is 3.15. The van der Waals surface area contributed by atoms with E-state index in [0.717, 1.165) is 0 Å². The van der Waals surface area contributed by atoms with Crippen molar-refractivity contribution in [1.29, 1.82) is 0 Å². The van der Waals surface area contributed by atoms with E-state index in [1.54, 1.807) is 0 Å². The number of aliphatic carboxylic acids is 1. The summed E-state index contributed by atoms with van der Waals surface area (Å²) in [5.74, 6) is -1.33. The molecule has 1 rings (SSSR count). The Morgan fingerprint density at radius 3 is 2.59 bits per heavy atom. The molecule has 6 nitrogen and oxygen atoms in total. The van der Waals surface area contributed by atoms with Gasteiger partial charge in [0, 0.05) is 0 Å². The summed E-state index contributed by atoms with van der Waals surface area (Å²) < 4.78 is 5.16. The maximum atomic E-state index is 10.6. The second kappa shape index (κ2) is 5.35. The number of aliphatic hydroxyl groups is 1. The summed E-state index contributed by atoms with van der Waals surface area (Å²) in [4.78, 5) is 10.6. The zero-order valence-electron chi connectivity index (χ0n) is 8.92. The normalized spacial score (nSPS) is 14.1. The summed E-state index contributed by atoms with van der Waals surface area (Å²) in [6.07, 6.45) is -1.39. The molecule has 94 valence electrons. The Labute approximate surface area is 106 Å². The van der Waals surface area contributed by atoms with Crippen LogP contribution in [0, 0.1) is 0 Å². The largest absolute Gasteiger partial charge is 0.503 e. The van der Waals surface area contributed by atoms with E-state index in [0.29, 0.717) is 0 Å². The Kier molecular flexibility index (Phi) is 4.33. The number of carbonyl (C=O) groups is 1. The molecule has 0 aliphatic heterocycles. The van der Waals surface area contributed by atoms with E-state index in [-0.39, 0.29) is 21.5 Å². The van der Waals surface area contributed by atoms with E-state index in [9.17, 15) is 15.0 Å². The van der Waals surface area contributed by atoms with Crippen molar-refractivity contribution in [1.82, 2.24) is 0 Å². The Morgan fingerprint density at radius 1 is 1.53 bits per heavy atom. The third-order valence-electron chi connectivity index (χ3n) is 2.24. The minimum atomic E-state index is -1.45. The third kappa shape index (κ3) is 2.87. The molecular formula is C10H12BrNO5. The van der Waals surface area contributed by atoms with Gasteiger partial charge < -0.3 is 25.8 Å². The molecule has 2 unspecified atom stereocenters. The summed E-state index contributed by atoms with van der Waals surface area (Å²) in [5.41, 5.74) is 5.54. The Hall–Kier alpha value is -1.31. The van der Waals surface area contributed by atoms with E-state index in [2.05, 4.69) is 15.9 Å². The van der Waals surface area contributed by atoms with E-state index in [4.69, 9.17) is 15.6 Å². The number of rotatable bonds is 4. The first-order chi connectivity index (χ1) is 7.88. The maximum Gasteiger partial charge on any atom is 0.323 e. The minimum absolute atomic E-state index is 0.117. The lowest BCUT2D eigenvalue weighted by atomic mass is 10.0. The van der Waals surface area contributed by atoms with Crippen LogP contribution in [-0.2, 0) is 4.79 Å². The predicted molar refractivity (Wildman–Crippen MR) is 62.9 cm³/mol. The molecule has 0 heterocycles. The lowest BCUT2D eigenvalue weighted by molar-refractivity contribution is -0.141. The summed E-state index contributed by atoms with van der Waals surface area (Å²) >= 11 is 3.06. The standard InChI is InChI=1S/C10H12BrNO5/c1-17-6-3-4(2-5(11)9(6)14)8(13)7(12)10(15)16/h2-3,7-8,13-14H,12H2,1H3,(H,15,16). The molecule has 0 aromatic heterocycles. The number of nitrogens with two attached hydrogens (primary N) is 1. The Morgan fingerprint density at radius 2 is 2.12 bits per heavy atom. The van der Waals surface area contributed by atoms with E-state index < -0.39 is 18.1 Å². The van der Waals surface area contributed by atoms with Gasteiger partial charge in [-0.2, -0.15) is 0 Å². The van der Waals surface area contributed by atoms with Crippen molar-refractivity contribution in [3.63, 3.8) is 0 Å². The van der Waals surface area contributed by atoms with Crippen LogP contribution in [0.25, 0.3) is 0 Å². The second-order valence-electron chi connectivity index (χ2n) is 3.36. The average Bonchev–Trinajstić information content (AvgIpc) is 2.30.